The first-order valence-corrected chi connectivity index (χ1v) is 10.0. The molecule has 6 N–H and O–H groups in total. The van der Waals surface area contributed by atoms with E-state index in [9.17, 15) is 19.7 Å². The summed E-state index contributed by atoms with van der Waals surface area (Å²) in [7, 11) is -4.67. The molecule has 192 valence electrons. The van der Waals surface area contributed by atoms with E-state index in [1.165, 1.54) is 23.5 Å². The predicted octanol–water partition coefficient (Wildman–Crippen LogP) is -2.26. The first-order valence-electron chi connectivity index (χ1n) is 8.63. The largest absolute Gasteiger partial charge is 1.00 e. The van der Waals surface area contributed by atoms with Crippen LogP contribution in [-0.4, -0.2) is 65.0 Å². The van der Waals surface area contributed by atoms with Gasteiger partial charge in [0.1, 0.15) is 5.34 Å². The van der Waals surface area contributed by atoms with Crippen LogP contribution in [0.25, 0.3) is 21.8 Å². The van der Waals surface area contributed by atoms with Crippen molar-refractivity contribution in [3.8, 4) is 0 Å². The van der Waals surface area contributed by atoms with E-state index in [-0.39, 0.29) is 73.8 Å². The number of H-pyrrole nitrogens is 2. The van der Waals surface area contributed by atoms with E-state index < -0.39 is 27.3 Å². The van der Waals surface area contributed by atoms with Crippen molar-refractivity contribution in [3.63, 3.8) is 0 Å². The number of fused-ring (bicyclic) bond motifs is 2. The van der Waals surface area contributed by atoms with Crippen LogP contribution in [-0.2, 0) is 15.4 Å². The fraction of sp³-hybridized carbons (Fsp3) is 0. The number of hydrogen-bond donors (Lipinski definition) is 6. The van der Waals surface area contributed by atoms with Gasteiger partial charge >= 0.3 is 73.7 Å². The van der Waals surface area contributed by atoms with Gasteiger partial charge in [0.15, 0.2) is 11.4 Å². The van der Waals surface area contributed by atoms with Crippen LogP contribution in [0, 0.1) is 15.0 Å². The number of carboxylic acid groups (broad SMARTS) is 2. The van der Waals surface area contributed by atoms with Crippen LogP contribution in [0.3, 0.4) is 0 Å². The Kier molecular flexibility index (Phi) is 14.2. The molecular weight excluding hydrogens is 555 g/mol. The molecule has 0 aliphatic heterocycles. The van der Waals surface area contributed by atoms with Crippen LogP contribution in [0.15, 0.2) is 47.8 Å². The van der Waals surface area contributed by atoms with Gasteiger partial charge in [-0.2, -0.15) is 18.6 Å². The molecule has 0 bridgehead atoms. The summed E-state index contributed by atoms with van der Waals surface area (Å²) < 4.78 is 31.6. The topological polar surface area (TPSA) is 311 Å². The van der Waals surface area contributed by atoms with Gasteiger partial charge in [-0.3, -0.25) is 29.4 Å². The van der Waals surface area contributed by atoms with E-state index in [4.69, 9.17) is 37.9 Å². The SMILES string of the molecule is O=C(O)c1n[nH]c2ccc([N+](=O)[O-])cc12.O=C(O)c1n[nH]c2ccccc12.O=NO[O-].O=S(=O)(O)O.[K+]. The fourth-order valence-corrected chi connectivity index (χ4v) is 2.41. The van der Waals surface area contributed by atoms with Crippen molar-refractivity contribution >= 4 is 49.8 Å². The maximum absolute atomic E-state index is 10.7. The number of para-hydroxylation sites is 1. The Morgan fingerprint density at radius 2 is 1.38 bits per heavy atom. The summed E-state index contributed by atoms with van der Waals surface area (Å²) in [5, 5.41) is 50.9. The second-order valence-corrected chi connectivity index (χ2v) is 6.78. The van der Waals surface area contributed by atoms with Gasteiger partial charge in [-0.05, 0) is 12.1 Å². The quantitative estimate of drug-likeness (QED) is 0.0378. The van der Waals surface area contributed by atoms with Crippen molar-refractivity contribution in [2.24, 2.45) is 5.34 Å². The molecule has 0 radical (unpaired) electrons. The van der Waals surface area contributed by atoms with Crippen LogP contribution < -0.4 is 56.6 Å². The maximum Gasteiger partial charge on any atom is 1.00 e. The molecule has 19 nitrogen and oxygen atoms in total. The van der Waals surface area contributed by atoms with E-state index in [1.54, 1.807) is 18.2 Å². The number of benzene rings is 2. The minimum absolute atomic E-state index is 0. The summed E-state index contributed by atoms with van der Waals surface area (Å²) in [6, 6.07) is 11.0. The van der Waals surface area contributed by atoms with Gasteiger partial charge in [0.05, 0.1) is 16.0 Å². The summed E-state index contributed by atoms with van der Waals surface area (Å²) in [5.41, 5.74) is 0.901. The number of aromatic nitrogens is 4. The molecule has 0 saturated carbocycles. The molecule has 4 rings (SSSR count). The average Bonchev–Trinajstić information content (AvgIpc) is 3.42. The van der Waals surface area contributed by atoms with Crippen molar-refractivity contribution in [1.82, 2.24) is 20.4 Å². The van der Waals surface area contributed by atoms with E-state index in [0.29, 0.717) is 10.9 Å². The number of aromatic carboxylic acids is 2. The number of nitro benzene ring substituents is 1. The smallest absolute Gasteiger partial charge is 0.635 e. The van der Waals surface area contributed by atoms with Crippen LogP contribution in [0.4, 0.5) is 5.69 Å². The number of rotatable bonds is 4. The number of carbonyl (C=O) groups is 2. The second-order valence-electron chi connectivity index (χ2n) is 5.88. The van der Waals surface area contributed by atoms with Crippen LogP contribution >= 0.6 is 0 Å². The van der Waals surface area contributed by atoms with E-state index in [2.05, 4.69) is 25.4 Å². The van der Waals surface area contributed by atoms with Gasteiger partial charge in [-0.25, -0.2) is 9.59 Å². The number of nitrogens with one attached hydrogen (secondary N) is 2. The molecule has 2 heterocycles. The Morgan fingerprint density at radius 3 is 1.81 bits per heavy atom. The Labute approximate surface area is 246 Å². The molecule has 2 aromatic heterocycles. The van der Waals surface area contributed by atoms with E-state index in [0.717, 1.165) is 5.52 Å². The summed E-state index contributed by atoms with van der Waals surface area (Å²) in [5.74, 6) is -2.23. The minimum atomic E-state index is -4.67. The van der Waals surface area contributed by atoms with Gasteiger partial charge < -0.3 is 20.5 Å². The summed E-state index contributed by atoms with van der Waals surface area (Å²) >= 11 is 0. The Balaban J connectivity index is 0.000000527. The maximum atomic E-state index is 10.7. The molecule has 0 saturated heterocycles. The molecule has 21 heteroatoms. The van der Waals surface area contributed by atoms with Gasteiger partial charge in [-0.15, -0.1) is 4.91 Å². The molecule has 0 aliphatic rings. The molecular formula is C16H13KN6O13S. The molecule has 0 aliphatic carbocycles. The Hall–Kier alpha value is -3.41. The molecule has 0 amide bonds. The Bertz CT molecular complexity index is 1480. The average molecular weight is 568 g/mol. The zero-order valence-corrected chi connectivity index (χ0v) is 22.1. The van der Waals surface area contributed by atoms with Gasteiger partial charge in [0.25, 0.3) is 5.69 Å². The van der Waals surface area contributed by atoms with Gasteiger partial charge in [0.2, 0.25) is 0 Å². The van der Waals surface area contributed by atoms with Crippen molar-refractivity contribution in [3.05, 3.63) is 68.9 Å². The number of nitro groups is 1. The zero-order chi connectivity index (χ0) is 27.5. The third-order valence-electron chi connectivity index (χ3n) is 3.66. The first-order chi connectivity index (χ1) is 16.8. The Morgan fingerprint density at radius 1 is 0.946 bits per heavy atom. The zero-order valence-electron chi connectivity index (χ0n) is 18.2. The molecule has 0 fully saturated rings. The number of hydrogen-bond acceptors (Lipinski definition) is 12. The van der Waals surface area contributed by atoms with Gasteiger partial charge in [0, 0.05) is 22.9 Å². The third kappa shape index (κ3) is 11.5. The van der Waals surface area contributed by atoms with Crippen LogP contribution in [0.5, 0.6) is 0 Å². The summed E-state index contributed by atoms with van der Waals surface area (Å²) in [4.78, 5) is 41.9. The van der Waals surface area contributed by atoms with Crippen LogP contribution in [0.2, 0.25) is 0 Å². The number of non-ortho nitro benzene ring substituents is 1. The molecule has 4 aromatic rings. The molecule has 37 heavy (non-hydrogen) atoms. The van der Waals surface area contributed by atoms with Crippen molar-refractivity contribution < 1.29 is 104 Å². The predicted molar refractivity (Wildman–Crippen MR) is 114 cm³/mol. The first kappa shape index (κ1) is 33.6. The fourth-order valence-electron chi connectivity index (χ4n) is 2.41. The van der Waals surface area contributed by atoms with Crippen LogP contribution in [0.1, 0.15) is 21.0 Å². The molecule has 0 unspecified atom stereocenters. The van der Waals surface area contributed by atoms with Crippen molar-refractivity contribution in [2.75, 3.05) is 0 Å². The van der Waals surface area contributed by atoms with E-state index >= 15 is 0 Å². The minimum Gasteiger partial charge on any atom is -0.635 e. The molecule has 2 aromatic carbocycles. The number of nitrogens with zero attached hydrogens (tertiary/aromatic N) is 4. The molecule has 0 atom stereocenters. The number of aromatic amines is 2. The number of carboxylic acids is 2. The monoisotopic (exact) mass is 568 g/mol. The van der Waals surface area contributed by atoms with Crippen molar-refractivity contribution in [2.45, 2.75) is 0 Å². The van der Waals surface area contributed by atoms with Crippen molar-refractivity contribution in [1.29, 1.82) is 0 Å². The third-order valence-corrected chi connectivity index (χ3v) is 3.66. The van der Waals surface area contributed by atoms with E-state index in [1.807, 2.05) is 6.07 Å². The normalized spacial score (nSPS) is 9.70. The second kappa shape index (κ2) is 15.6. The van der Waals surface area contributed by atoms with Gasteiger partial charge in [-0.1, -0.05) is 18.2 Å². The summed E-state index contributed by atoms with van der Waals surface area (Å²) in [6.07, 6.45) is 0. The standard InChI is InChI=1S/C8H5N3O4.C8H6N2O2.K.HNO3.H2O4S/c12-8(13)7-5-3-4(11(14)15)1-2-6(5)9-10-7;11-8(12)7-5-3-1-2-4-6(5)9-10-7;;2-1-4-3;1-5(2,3)4/h1-3H,(H,9,10)(H,12,13);1-4H,(H,9,10)(H,11,12);;3H;(H2,1,2,3,4)/q;;+1;;/p-1. The summed E-state index contributed by atoms with van der Waals surface area (Å²) in [6.45, 7) is 0. The molecule has 0 spiro atoms.